The highest BCUT2D eigenvalue weighted by atomic mass is 127. The second-order valence-corrected chi connectivity index (χ2v) is 5.63. The first-order valence-electron chi connectivity index (χ1n) is 7.57. The van der Waals surface area contributed by atoms with Crippen LogP contribution in [0.2, 0.25) is 5.02 Å². The van der Waals surface area contributed by atoms with Crippen LogP contribution < -0.4 is 15.4 Å². The lowest BCUT2D eigenvalue weighted by atomic mass is 10.2. The third kappa shape index (κ3) is 6.24. The number of methoxy groups -OCH3 is 1. The molecule has 2 N–H and O–H groups in total. The number of hydrogen-bond acceptors (Lipinski definition) is 2. The molecule has 0 spiro atoms. The average molecular weight is 463 g/mol. The van der Waals surface area contributed by atoms with E-state index in [4.69, 9.17) is 16.3 Å². The smallest absolute Gasteiger partial charge is 0.191 e. The van der Waals surface area contributed by atoms with Crippen molar-refractivity contribution in [1.29, 1.82) is 0 Å². The molecule has 0 aliphatic heterocycles. The van der Waals surface area contributed by atoms with Gasteiger partial charge in [0.25, 0.3) is 0 Å². The molecule has 0 bridgehead atoms. The summed E-state index contributed by atoms with van der Waals surface area (Å²) in [5.41, 5.74) is 2.20. The highest BCUT2D eigenvalue weighted by Crippen LogP contribution is 2.22. The summed E-state index contributed by atoms with van der Waals surface area (Å²) in [4.78, 5) is 4.60. The van der Waals surface area contributed by atoms with Crippen molar-refractivity contribution >= 4 is 41.5 Å². The average Bonchev–Trinajstić information content (AvgIpc) is 2.96. The van der Waals surface area contributed by atoms with E-state index in [0.717, 1.165) is 23.8 Å². The number of rotatable bonds is 6. The summed E-state index contributed by atoms with van der Waals surface area (Å²) in [6.07, 6.45) is 4.08. The number of guanidine groups is 1. The van der Waals surface area contributed by atoms with Gasteiger partial charge in [-0.1, -0.05) is 17.7 Å². The molecule has 0 radical (unpaired) electrons. The van der Waals surface area contributed by atoms with Crippen LogP contribution in [0.1, 0.15) is 18.1 Å². The largest absolute Gasteiger partial charge is 0.496 e. The molecule has 0 saturated heterocycles. The van der Waals surface area contributed by atoms with Crippen LogP contribution in [0.25, 0.3) is 0 Å². The quantitative estimate of drug-likeness (QED) is 0.392. The fourth-order valence-electron chi connectivity index (χ4n) is 2.21. The number of aliphatic imine (C=N–C) groups is 1. The number of hydrogen-bond donors (Lipinski definition) is 2. The Hall–Kier alpha value is -1.41. The van der Waals surface area contributed by atoms with Gasteiger partial charge < -0.3 is 19.9 Å². The molecule has 0 amide bonds. The van der Waals surface area contributed by atoms with Crippen LogP contribution in [0, 0.1) is 0 Å². The maximum Gasteiger partial charge on any atom is 0.191 e. The van der Waals surface area contributed by atoms with Crippen LogP contribution in [-0.4, -0.2) is 24.2 Å². The molecule has 2 rings (SSSR count). The van der Waals surface area contributed by atoms with Crippen LogP contribution in [0.4, 0.5) is 0 Å². The summed E-state index contributed by atoms with van der Waals surface area (Å²) in [6, 6.07) is 7.69. The highest BCUT2D eigenvalue weighted by molar-refractivity contribution is 14.0. The summed E-state index contributed by atoms with van der Waals surface area (Å²) in [6.45, 7) is 4.09. The summed E-state index contributed by atoms with van der Waals surface area (Å²) >= 11 is 5.99. The van der Waals surface area contributed by atoms with Crippen LogP contribution >= 0.6 is 35.6 Å². The summed E-state index contributed by atoms with van der Waals surface area (Å²) in [5.74, 6) is 1.54. The van der Waals surface area contributed by atoms with Gasteiger partial charge in [0.15, 0.2) is 5.96 Å². The molecule has 0 fully saturated rings. The fourth-order valence-corrected chi connectivity index (χ4v) is 2.37. The van der Waals surface area contributed by atoms with Crippen LogP contribution in [-0.2, 0) is 20.1 Å². The molecule has 0 atom stereocenters. The first-order chi connectivity index (χ1) is 11.1. The van der Waals surface area contributed by atoms with Crippen molar-refractivity contribution in [3.8, 4) is 5.75 Å². The highest BCUT2D eigenvalue weighted by Gasteiger charge is 2.05. The molecule has 1 aromatic carbocycles. The Morgan fingerprint density at radius 3 is 2.71 bits per heavy atom. The van der Waals surface area contributed by atoms with E-state index < -0.39 is 0 Å². The molecular weight excluding hydrogens is 439 g/mol. The van der Waals surface area contributed by atoms with E-state index in [2.05, 4.69) is 27.9 Å². The number of benzene rings is 1. The SMILES string of the molecule is CCNC(=NCc1ccn(C)c1)NCc1ccc(Cl)cc1OC.I. The zero-order chi connectivity index (χ0) is 16.7. The monoisotopic (exact) mass is 462 g/mol. The van der Waals surface area contributed by atoms with Crippen molar-refractivity contribution in [3.63, 3.8) is 0 Å². The van der Waals surface area contributed by atoms with Gasteiger partial charge in [-0.25, -0.2) is 4.99 Å². The van der Waals surface area contributed by atoms with Gasteiger partial charge in [0, 0.05) is 43.1 Å². The normalized spacial score (nSPS) is 10.9. The predicted octanol–water partition coefficient (Wildman–Crippen LogP) is 3.56. The predicted molar refractivity (Wildman–Crippen MR) is 110 cm³/mol. The Labute approximate surface area is 165 Å². The Kier molecular flexibility index (Phi) is 8.99. The molecule has 2 aromatic rings. The second kappa shape index (κ2) is 10.5. The maximum atomic E-state index is 5.99. The van der Waals surface area contributed by atoms with E-state index in [1.165, 1.54) is 5.56 Å². The van der Waals surface area contributed by atoms with Crippen molar-refractivity contribution in [2.45, 2.75) is 20.0 Å². The minimum Gasteiger partial charge on any atom is -0.496 e. The molecule has 1 heterocycles. The van der Waals surface area contributed by atoms with Gasteiger partial charge >= 0.3 is 0 Å². The van der Waals surface area contributed by atoms with Crippen molar-refractivity contribution in [1.82, 2.24) is 15.2 Å². The lowest BCUT2D eigenvalue weighted by Gasteiger charge is -2.13. The number of aryl methyl sites for hydroxylation is 1. The number of ether oxygens (including phenoxy) is 1. The molecular formula is C17H24ClIN4O. The standard InChI is InChI=1S/C17H23ClN4O.HI/c1-4-19-17(20-10-13-7-8-22(2)12-13)21-11-14-5-6-15(18)9-16(14)23-3;/h5-9,12H,4,10-11H2,1-3H3,(H2,19,20,21);1H. The van der Waals surface area contributed by atoms with Gasteiger partial charge in [-0.05, 0) is 30.7 Å². The zero-order valence-electron chi connectivity index (χ0n) is 14.2. The molecule has 132 valence electrons. The first kappa shape index (κ1) is 20.6. The van der Waals surface area contributed by atoms with Gasteiger partial charge in [0.2, 0.25) is 0 Å². The van der Waals surface area contributed by atoms with E-state index in [1.54, 1.807) is 7.11 Å². The van der Waals surface area contributed by atoms with Crippen molar-refractivity contribution in [2.75, 3.05) is 13.7 Å². The topological polar surface area (TPSA) is 50.6 Å². The van der Waals surface area contributed by atoms with Crippen LogP contribution in [0.5, 0.6) is 5.75 Å². The lowest BCUT2D eigenvalue weighted by Crippen LogP contribution is -2.36. The van der Waals surface area contributed by atoms with Crippen LogP contribution in [0.3, 0.4) is 0 Å². The van der Waals surface area contributed by atoms with Crippen molar-refractivity contribution in [2.24, 2.45) is 12.0 Å². The van der Waals surface area contributed by atoms with E-state index in [-0.39, 0.29) is 24.0 Å². The van der Waals surface area contributed by atoms with Gasteiger partial charge in [-0.3, -0.25) is 0 Å². The number of nitrogens with one attached hydrogen (secondary N) is 2. The number of nitrogens with zero attached hydrogens (tertiary/aromatic N) is 2. The summed E-state index contributed by atoms with van der Waals surface area (Å²) in [5, 5.41) is 7.22. The van der Waals surface area contributed by atoms with E-state index in [9.17, 15) is 0 Å². The third-order valence-electron chi connectivity index (χ3n) is 3.35. The van der Waals surface area contributed by atoms with E-state index in [1.807, 2.05) is 42.9 Å². The minimum absolute atomic E-state index is 0. The van der Waals surface area contributed by atoms with Gasteiger partial charge in [-0.2, -0.15) is 0 Å². The van der Waals surface area contributed by atoms with Gasteiger partial charge in [0.1, 0.15) is 5.75 Å². The Morgan fingerprint density at radius 1 is 1.29 bits per heavy atom. The molecule has 0 unspecified atom stereocenters. The van der Waals surface area contributed by atoms with Gasteiger partial charge in [-0.15, -0.1) is 24.0 Å². The number of halogens is 2. The Bertz CT molecular complexity index is 672. The third-order valence-corrected chi connectivity index (χ3v) is 3.59. The first-order valence-corrected chi connectivity index (χ1v) is 7.95. The Balaban J connectivity index is 0.00000288. The summed E-state index contributed by atoms with van der Waals surface area (Å²) in [7, 11) is 3.65. The second-order valence-electron chi connectivity index (χ2n) is 5.19. The lowest BCUT2D eigenvalue weighted by molar-refractivity contribution is 0.409. The van der Waals surface area contributed by atoms with Gasteiger partial charge in [0.05, 0.1) is 13.7 Å². The fraction of sp³-hybridized carbons (Fsp3) is 0.353. The minimum atomic E-state index is 0. The molecule has 0 saturated carbocycles. The van der Waals surface area contributed by atoms with Crippen LogP contribution in [0.15, 0.2) is 41.7 Å². The molecule has 1 aromatic heterocycles. The van der Waals surface area contributed by atoms with Crippen molar-refractivity contribution in [3.05, 3.63) is 52.8 Å². The van der Waals surface area contributed by atoms with E-state index >= 15 is 0 Å². The van der Waals surface area contributed by atoms with E-state index in [0.29, 0.717) is 18.1 Å². The zero-order valence-corrected chi connectivity index (χ0v) is 17.3. The molecule has 24 heavy (non-hydrogen) atoms. The molecule has 5 nitrogen and oxygen atoms in total. The maximum absolute atomic E-state index is 5.99. The number of aromatic nitrogens is 1. The summed E-state index contributed by atoms with van der Waals surface area (Å²) < 4.78 is 7.38. The molecule has 0 aliphatic carbocycles. The molecule has 0 aliphatic rings. The Morgan fingerprint density at radius 2 is 2.08 bits per heavy atom. The van der Waals surface area contributed by atoms with Crippen molar-refractivity contribution < 1.29 is 4.74 Å². The molecule has 7 heteroatoms.